The van der Waals surface area contributed by atoms with Gasteiger partial charge in [0.05, 0.1) is 36.9 Å². The Labute approximate surface area is 269 Å². The van der Waals surface area contributed by atoms with Gasteiger partial charge in [-0.05, 0) is 53.7 Å². The second-order valence-corrected chi connectivity index (χ2v) is 13.9. The van der Waals surface area contributed by atoms with Crippen LogP contribution in [0.1, 0.15) is 64.9 Å². The molecule has 1 aromatic carbocycles. The van der Waals surface area contributed by atoms with E-state index in [0.29, 0.717) is 25.1 Å². The van der Waals surface area contributed by atoms with Gasteiger partial charge in [0.1, 0.15) is 11.3 Å². The summed E-state index contributed by atoms with van der Waals surface area (Å²) in [6, 6.07) is 6.82. The lowest BCUT2D eigenvalue weighted by atomic mass is 9.77. The highest BCUT2D eigenvalue weighted by Gasteiger charge is 2.60. The van der Waals surface area contributed by atoms with Crippen LogP contribution >= 0.6 is 11.6 Å². The van der Waals surface area contributed by atoms with Crippen molar-refractivity contribution >= 4 is 52.0 Å². The Morgan fingerprint density at radius 3 is 2.71 bits per heavy atom. The fourth-order valence-electron chi connectivity index (χ4n) is 6.65. The first-order valence-electron chi connectivity index (χ1n) is 15.6. The molecule has 9 nitrogen and oxygen atoms in total. The number of esters is 1. The van der Waals surface area contributed by atoms with Gasteiger partial charge in [-0.15, -0.1) is 6.58 Å². The van der Waals surface area contributed by atoms with E-state index in [1.165, 1.54) is 0 Å². The van der Waals surface area contributed by atoms with Gasteiger partial charge in [-0.2, -0.15) is 0 Å². The number of ketones is 1. The summed E-state index contributed by atoms with van der Waals surface area (Å²) >= 11 is 6.39. The number of allylic oxidation sites excluding steroid dienone is 2. The van der Waals surface area contributed by atoms with Crippen molar-refractivity contribution in [2.24, 2.45) is 22.7 Å². The maximum Gasteiger partial charge on any atom is 0.306 e. The lowest BCUT2D eigenvalue weighted by Gasteiger charge is -2.34. The van der Waals surface area contributed by atoms with Crippen LogP contribution in [0, 0.1) is 22.7 Å². The number of pyridine rings is 1. The molecule has 2 amide bonds. The third-order valence-corrected chi connectivity index (χ3v) is 9.57. The van der Waals surface area contributed by atoms with Gasteiger partial charge in [-0.1, -0.05) is 62.7 Å². The Bertz CT molecular complexity index is 1550. The van der Waals surface area contributed by atoms with Gasteiger partial charge in [-0.3, -0.25) is 19.2 Å². The molecule has 45 heavy (non-hydrogen) atoms. The molecule has 3 heterocycles. The maximum atomic E-state index is 14.4. The zero-order valence-electron chi connectivity index (χ0n) is 26.4. The first-order valence-corrected chi connectivity index (χ1v) is 16.0. The standard InChI is InChI=1S/C35H42ClN3O6/c1-6-23-18-35(23,33(43)37-5)19-28(40)27-16-24-20-39(27)32(42)26(34(2,3)4)17-30(41)44-13-9-7-8-10-21-11-12-22-15-29(36)38-31(45-24)25(22)14-21/h6,8,10-12,14-15,23-24,26-27H,1,7,9,13,16-20H2,2-5H3,(H,37,43)/b10-8+/t23-,24?,26?,27?,35+/m0/s1. The van der Waals surface area contributed by atoms with Gasteiger partial charge in [0, 0.05) is 25.3 Å². The van der Waals surface area contributed by atoms with E-state index in [9.17, 15) is 19.2 Å². The summed E-state index contributed by atoms with van der Waals surface area (Å²) in [5.74, 6) is -1.73. The fraction of sp³-hybridized carbons (Fsp3) is 0.514. The number of carbonyl (C=O) groups is 4. The first kappa shape index (κ1) is 32.7. The van der Waals surface area contributed by atoms with Crippen LogP contribution in [0.5, 0.6) is 5.88 Å². The van der Waals surface area contributed by atoms with E-state index >= 15 is 0 Å². The van der Waals surface area contributed by atoms with E-state index in [1.807, 2.05) is 51.1 Å². The first-order chi connectivity index (χ1) is 21.4. The van der Waals surface area contributed by atoms with Gasteiger partial charge in [0.25, 0.3) is 0 Å². The highest BCUT2D eigenvalue weighted by Crippen LogP contribution is 2.56. The number of nitrogens with one attached hydrogen (secondary N) is 1. The monoisotopic (exact) mass is 635 g/mol. The van der Waals surface area contributed by atoms with Crippen molar-refractivity contribution in [3.05, 3.63) is 53.7 Å². The Kier molecular flexibility index (Phi) is 9.40. The molecule has 1 saturated heterocycles. The number of nitrogens with zero attached hydrogens (tertiary/aromatic N) is 2. The third-order valence-electron chi connectivity index (χ3n) is 9.38. The van der Waals surface area contributed by atoms with E-state index in [0.717, 1.165) is 16.3 Å². The molecule has 1 N–H and O–H groups in total. The molecule has 2 aromatic rings. The van der Waals surface area contributed by atoms with E-state index in [4.69, 9.17) is 21.1 Å². The van der Waals surface area contributed by atoms with E-state index in [1.54, 1.807) is 24.1 Å². The number of ether oxygens (including phenoxy) is 2. The Balaban J connectivity index is 1.53. The predicted molar refractivity (Wildman–Crippen MR) is 173 cm³/mol. The lowest BCUT2D eigenvalue weighted by molar-refractivity contribution is -0.153. The summed E-state index contributed by atoms with van der Waals surface area (Å²) in [4.78, 5) is 60.3. The molecule has 0 spiro atoms. The highest BCUT2D eigenvalue weighted by atomic mass is 35.5. The minimum absolute atomic E-state index is 0.0270. The quantitative estimate of drug-likeness (QED) is 0.261. The molecule has 1 saturated carbocycles. The number of rotatable bonds is 5. The number of benzene rings is 1. The van der Waals surface area contributed by atoms with Crippen LogP contribution in [0.2, 0.25) is 5.15 Å². The van der Waals surface area contributed by atoms with Crippen LogP contribution in [0.15, 0.2) is 43.0 Å². The molecule has 2 aliphatic heterocycles. The topological polar surface area (TPSA) is 115 Å². The fourth-order valence-corrected chi connectivity index (χ4v) is 6.84. The van der Waals surface area contributed by atoms with Gasteiger partial charge in [0.2, 0.25) is 17.7 Å². The second-order valence-electron chi connectivity index (χ2n) is 13.5. The lowest BCUT2D eigenvalue weighted by Crippen LogP contribution is -2.48. The second kappa shape index (κ2) is 12.9. The summed E-state index contributed by atoms with van der Waals surface area (Å²) in [7, 11) is 1.56. The molecule has 1 aromatic heterocycles. The minimum atomic E-state index is -0.880. The molecule has 2 fully saturated rings. The van der Waals surface area contributed by atoms with E-state index in [2.05, 4.69) is 16.9 Å². The van der Waals surface area contributed by atoms with Crippen molar-refractivity contribution in [2.45, 2.75) is 71.4 Å². The molecule has 5 rings (SSSR count). The van der Waals surface area contributed by atoms with Gasteiger partial charge >= 0.3 is 5.97 Å². The molecule has 3 aliphatic rings. The third kappa shape index (κ3) is 6.93. The number of Topliss-reactive ketones (excluding diaryl/α,β-unsaturated/α-hetero) is 1. The normalized spacial score (nSPS) is 28.1. The molecule has 0 radical (unpaired) electrons. The average molecular weight is 636 g/mol. The predicted octanol–water partition coefficient (Wildman–Crippen LogP) is 5.54. The van der Waals surface area contributed by atoms with Crippen LogP contribution in [-0.2, 0) is 23.9 Å². The van der Waals surface area contributed by atoms with Gasteiger partial charge in [-0.25, -0.2) is 4.98 Å². The summed E-state index contributed by atoms with van der Waals surface area (Å²) in [5.41, 5.74) is -0.532. The van der Waals surface area contributed by atoms with Gasteiger partial charge < -0.3 is 19.7 Å². The van der Waals surface area contributed by atoms with Crippen molar-refractivity contribution in [2.75, 3.05) is 20.2 Å². The Hall–Kier alpha value is -3.72. The van der Waals surface area contributed by atoms with Crippen molar-refractivity contribution in [1.82, 2.24) is 15.2 Å². The molecule has 1 aliphatic carbocycles. The summed E-state index contributed by atoms with van der Waals surface area (Å²) < 4.78 is 12.0. The average Bonchev–Trinajstić information content (AvgIpc) is 3.54. The number of cyclic esters (lactones) is 1. The number of hydrogen-bond donors (Lipinski definition) is 1. The van der Waals surface area contributed by atoms with Crippen LogP contribution in [-0.4, -0.2) is 65.8 Å². The van der Waals surface area contributed by atoms with Crippen LogP contribution < -0.4 is 10.1 Å². The van der Waals surface area contributed by atoms with Crippen molar-refractivity contribution in [1.29, 1.82) is 0 Å². The van der Waals surface area contributed by atoms with Gasteiger partial charge in [0.15, 0.2) is 5.78 Å². The molecule has 3 unspecified atom stereocenters. The zero-order chi connectivity index (χ0) is 32.5. The van der Waals surface area contributed by atoms with Crippen LogP contribution in [0.25, 0.3) is 16.8 Å². The molecular weight excluding hydrogens is 594 g/mol. The summed E-state index contributed by atoms with van der Waals surface area (Å²) in [5, 5.41) is 4.58. The number of carbonyl (C=O) groups excluding carboxylic acids is 4. The Morgan fingerprint density at radius 1 is 1.24 bits per heavy atom. The molecular formula is C35H42ClN3O6. The molecule has 5 atom stereocenters. The van der Waals surface area contributed by atoms with E-state index < -0.39 is 34.9 Å². The smallest absolute Gasteiger partial charge is 0.306 e. The number of halogens is 1. The summed E-state index contributed by atoms with van der Waals surface area (Å²) in [6.07, 6.45) is 7.10. The number of aromatic nitrogens is 1. The van der Waals surface area contributed by atoms with Crippen molar-refractivity contribution in [3.63, 3.8) is 0 Å². The minimum Gasteiger partial charge on any atom is -0.472 e. The molecule has 4 bridgehead atoms. The van der Waals surface area contributed by atoms with Crippen molar-refractivity contribution < 1.29 is 28.7 Å². The Morgan fingerprint density at radius 2 is 2.02 bits per heavy atom. The molecule has 240 valence electrons. The highest BCUT2D eigenvalue weighted by molar-refractivity contribution is 6.30. The SMILES string of the molecule is C=C[C@H]1C[C@]1(CC(=O)C1CC2CN1C(=O)C(C(C)(C)C)CC(=O)OCCC/C=C/c1ccc3cc(Cl)nc(c3c1)O2)C(=O)NC. The maximum absolute atomic E-state index is 14.4. The van der Waals surface area contributed by atoms with Crippen molar-refractivity contribution in [3.8, 4) is 5.88 Å². The number of hydrogen-bond acceptors (Lipinski definition) is 7. The summed E-state index contributed by atoms with van der Waals surface area (Å²) in [6.45, 7) is 9.91. The van der Waals surface area contributed by atoms with E-state index in [-0.39, 0.29) is 61.1 Å². The van der Waals surface area contributed by atoms with Crippen LogP contribution in [0.4, 0.5) is 0 Å². The zero-order valence-corrected chi connectivity index (χ0v) is 27.2. The van der Waals surface area contributed by atoms with Crippen LogP contribution in [0.3, 0.4) is 0 Å². The largest absolute Gasteiger partial charge is 0.472 e. The number of fused-ring (bicyclic) bond motifs is 3. The molecule has 10 heteroatoms. The number of amides is 2.